The smallest absolute Gasteiger partial charge is 0.251 e. The molecule has 1 amide bonds. The zero-order chi connectivity index (χ0) is 17.5. The van der Waals surface area contributed by atoms with E-state index in [-0.39, 0.29) is 18.1 Å². The monoisotopic (exact) mass is 333 g/mol. The van der Waals surface area contributed by atoms with Crippen LogP contribution < -0.4 is 4.90 Å². The maximum Gasteiger partial charge on any atom is 0.251 e. The second-order valence-electron chi connectivity index (χ2n) is 7.05. The minimum Gasteiger partial charge on any atom is -0.369 e. The first kappa shape index (κ1) is 18.7. The van der Waals surface area contributed by atoms with Gasteiger partial charge >= 0.3 is 0 Å². The van der Waals surface area contributed by atoms with E-state index < -0.39 is 0 Å². The van der Waals surface area contributed by atoms with Crippen molar-refractivity contribution in [3.05, 3.63) is 24.4 Å². The molecule has 0 bridgehead atoms. The van der Waals surface area contributed by atoms with Crippen LogP contribution in [0.3, 0.4) is 0 Å². The van der Waals surface area contributed by atoms with Crippen LogP contribution in [-0.4, -0.2) is 54.7 Å². The third kappa shape index (κ3) is 5.20. The highest BCUT2D eigenvalue weighted by atomic mass is 16.5. The molecule has 0 aliphatic carbocycles. The molecule has 1 fully saturated rings. The highest BCUT2D eigenvalue weighted by Crippen LogP contribution is 2.21. The topological polar surface area (TPSA) is 45.7 Å². The molecule has 5 heteroatoms. The van der Waals surface area contributed by atoms with E-state index in [2.05, 4.69) is 23.7 Å². The summed E-state index contributed by atoms with van der Waals surface area (Å²) in [6.45, 7) is 8.71. The Bertz CT molecular complexity index is 499. The van der Waals surface area contributed by atoms with Crippen LogP contribution in [0.2, 0.25) is 0 Å². The summed E-state index contributed by atoms with van der Waals surface area (Å²) in [6, 6.07) is 6.28. The van der Waals surface area contributed by atoms with Crippen LogP contribution in [0.5, 0.6) is 0 Å². The third-order valence-electron chi connectivity index (χ3n) is 4.74. The van der Waals surface area contributed by atoms with Gasteiger partial charge in [-0.15, -0.1) is 0 Å². The molecule has 2 heterocycles. The van der Waals surface area contributed by atoms with Crippen molar-refractivity contribution in [3.8, 4) is 0 Å². The number of hydrogen-bond acceptors (Lipinski definition) is 4. The molecule has 134 valence electrons. The molecule has 5 nitrogen and oxygen atoms in total. The molecule has 0 aromatic carbocycles. The van der Waals surface area contributed by atoms with Crippen molar-refractivity contribution in [2.24, 2.45) is 5.92 Å². The van der Waals surface area contributed by atoms with Crippen LogP contribution in [0.15, 0.2) is 24.4 Å². The number of nitrogens with zero attached hydrogens (tertiary/aromatic N) is 3. The zero-order valence-electron chi connectivity index (χ0n) is 15.4. The minimum atomic E-state index is -0.359. The van der Waals surface area contributed by atoms with Crippen molar-refractivity contribution in [1.82, 2.24) is 9.88 Å². The Kier molecular flexibility index (Phi) is 7.03. The molecule has 0 saturated carbocycles. The quantitative estimate of drug-likeness (QED) is 0.769. The number of pyridine rings is 1. The lowest BCUT2D eigenvalue weighted by Gasteiger charge is -2.38. The molecule has 1 atom stereocenters. The molecule has 1 saturated heterocycles. The molecular formula is C19H31N3O2. The van der Waals surface area contributed by atoms with Gasteiger partial charge in [0.25, 0.3) is 5.91 Å². The maximum atomic E-state index is 12.5. The standard InChI is InChI=1S/C19H31N3O2/c1-15(2)10-14-24-16(3)19(23)21(4)17-8-12-22(13-9-17)18-7-5-6-11-20-18/h5-7,11,15-17H,8-10,12-14H2,1-4H3/t16-/m1/s1. The van der Waals surface area contributed by atoms with Gasteiger partial charge in [-0.1, -0.05) is 19.9 Å². The summed E-state index contributed by atoms with van der Waals surface area (Å²) in [5.41, 5.74) is 0. The summed E-state index contributed by atoms with van der Waals surface area (Å²) >= 11 is 0. The fraction of sp³-hybridized carbons (Fsp3) is 0.684. The number of carbonyl (C=O) groups is 1. The van der Waals surface area contributed by atoms with Gasteiger partial charge in [0.2, 0.25) is 0 Å². The largest absolute Gasteiger partial charge is 0.369 e. The molecular weight excluding hydrogens is 302 g/mol. The van der Waals surface area contributed by atoms with Crippen molar-refractivity contribution >= 4 is 11.7 Å². The number of aromatic nitrogens is 1. The van der Waals surface area contributed by atoms with Crippen LogP contribution in [0.4, 0.5) is 5.82 Å². The van der Waals surface area contributed by atoms with E-state index in [1.54, 1.807) is 0 Å². The predicted octanol–water partition coefficient (Wildman–Crippen LogP) is 2.96. The van der Waals surface area contributed by atoms with E-state index >= 15 is 0 Å². The number of ether oxygens (including phenoxy) is 1. The molecule has 1 aliphatic heterocycles. The number of hydrogen-bond donors (Lipinski definition) is 0. The summed E-state index contributed by atoms with van der Waals surface area (Å²) in [7, 11) is 1.91. The van der Waals surface area contributed by atoms with Gasteiger partial charge in [0, 0.05) is 39.0 Å². The number of rotatable bonds is 7. The van der Waals surface area contributed by atoms with Gasteiger partial charge in [0.15, 0.2) is 0 Å². The lowest BCUT2D eigenvalue weighted by molar-refractivity contribution is -0.144. The number of likely N-dealkylation sites (N-methyl/N-ethyl adjacent to an activating group) is 1. The van der Waals surface area contributed by atoms with Crippen LogP contribution in [0.25, 0.3) is 0 Å². The van der Waals surface area contributed by atoms with Gasteiger partial charge in [0.05, 0.1) is 0 Å². The summed E-state index contributed by atoms with van der Waals surface area (Å²) < 4.78 is 5.71. The molecule has 0 N–H and O–H groups in total. The average molecular weight is 333 g/mol. The Balaban J connectivity index is 1.79. The number of amides is 1. The van der Waals surface area contributed by atoms with Crippen molar-refractivity contribution in [1.29, 1.82) is 0 Å². The van der Waals surface area contributed by atoms with E-state index in [0.717, 1.165) is 38.2 Å². The van der Waals surface area contributed by atoms with Crippen LogP contribution in [-0.2, 0) is 9.53 Å². The Morgan fingerprint density at radius 3 is 2.62 bits per heavy atom. The Hall–Kier alpha value is -1.62. The Labute approximate surface area is 146 Å². The molecule has 1 aromatic heterocycles. The average Bonchev–Trinajstić information content (AvgIpc) is 2.61. The van der Waals surface area contributed by atoms with Crippen molar-refractivity contribution in [3.63, 3.8) is 0 Å². The zero-order valence-corrected chi connectivity index (χ0v) is 15.4. The van der Waals surface area contributed by atoms with Crippen LogP contribution in [0, 0.1) is 5.92 Å². The van der Waals surface area contributed by atoms with Crippen LogP contribution >= 0.6 is 0 Å². The lowest BCUT2D eigenvalue weighted by atomic mass is 10.0. The Morgan fingerprint density at radius 2 is 2.04 bits per heavy atom. The summed E-state index contributed by atoms with van der Waals surface area (Å²) in [4.78, 5) is 21.1. The molecule has 0 unspecified atom stereocenters. The van der Waals surface area contributed by atoms with Gasteiger partial charge in [-0.25, -0.2) is 4.98 Å². The molecule has 24 heavy (non-hydrogen) atoms. The van der Waals surface area contributed by atoms with E-state index in [9.17, 15) is 4.79 Å². The van der Waals surface area contributed by atoms with Gasteiger partial charge < -0.3 is 14.5 Å². The van der Waals surface area contributed by atoms with E-state index in [1.165, 1.54) is 0 Å². The van der Waals surface area contributed by atoms with Crippen molar-refractivity contribution in [2.75, 3.05) is 31.6 Å². The summed E-state index contributed by atoms with van der Waals surface area (Å²) in [6.07, 6.45) is 4.40. The number of anilines is 1. The lowest BCUT2D eigenvalue weighted by Crippen LogP contribution is -2.48. The number of piperidine rings is 1. The number of carbonyl (C=O) groups excluding carboxylic acids is 1. The minimum absolute atomic E-state index is 0.0926. The van der Waals surface area contributed by atoms with Gasteiger partial charge in [-0.05, 0) is 44.2 Å². The fourth-order valence-electron chi connectivity index (χ4n) is 3.04. The van der Waals surface area contributed by atoms with E-state index in [4.69, 9.17) is 4.74 Å². The Morgan fingerprint density at radius 1 is 1.33 bits per heavy atom. The van der Waals surface area contributed by atoms with Gasteiger partial charge in [-0.2, -0.15) is 0 Å². The van der Waals surface area contributed by atoms with Crippen molar-refractivity contribution in [2.45, 2.75) is 52.2 Å². The van der Waals surface area contributed by atoms with Crippen LogP contribution in [0.1, 0.15) is 40.0 Å². The second kappa shape index (κ2) is 9.02. The van der Waals surface area contributed by atoms with Gasteiger partial charge in [0.1, 0.15) is 11.9 Å². The first-order valence-electron chi connectivity index (χ1n) is 9.03. The maximum absolute atomic E-state index is 12.5. The highest BCUT2D eigenvalue weighted by Gasteiger charge is 2.28. The first-order chi connectivity index (χ1) is 11.5. The summed E-state index contributed by atoms with van der Waals surface area (Å²) in [5.74, 6) is 1.71. The second-order valence-corrected chi connectivity index (χ2v) is 7.05. The highest BCUT2D eigenvalue weighted by molar-refractivity contribution is 5.80. The van der Waals surface area contributed by atoms with E-state index in [1.807, 2.05) is 43.3 Å². The fourth-order valence-corrected chi connectivity index (χ4v) is 3.04. The van der Waals surface area contributed by atoms with Crippen molar-refractivity contribution < 1.29 is 9.53 Å². The summed E-state index contributed by atoms with van der Waals surface area (Å²) in [5, 5.41) is 0. The van der Waals surface area contributed by atoms with E-state index in [0.29, 0.717) is 12.5 Å². The molecule has 2 rings (SSSR count). The van der Waals surface area contributed by atoms with Gasteiger partial charge in [-0.3, -0.25) is 4.79 Å². The SMILES string of the molecule is CC(C)CCO[C@H](C)C(=O)N(C)C1CCN(c2ccccn2)CC1. The third-order valence-corrected chi connectivity index (χ3v) is 4.74. The normalized spacial score (nSPS) is 17.1. The molecule has 1 aliphatic rings. The first-order valence-corrected chi connectivity index (χ1v) is 9.03. The molecule has 1 aromatic rings. The molecule has 0 radical (unpaired) electrons. The molecule has 0 spiro atoms. The predicted molar refractivity (Wildman–Crippen MR) is 97.1 cm³/mol.